The highest BCUT2D eigenvalue weighted by molar-refractivity contribution is 5.46. The van der Waals surface area contributed by atoms with Gasteiger partial charge < -0.3 is 0 Å². The second-order valence-corrected chi connectivity index (χ2v) is 12.6. The van der Waals surface area contributed by atoms with Crippen LogP contribution in [0.5, 0.6) is 0 Å². The first-order valence-electron chi connectivity index (χ1n) is 12.7. The van der Waals surface area contributed by atoms with Gasteiger partial charge in [0.15, 0.2) is 0 Å². The maximum Gasteiger partial charge on any atom is -0.00394 e. The van der Waals surface area contributed by atoms with E-state index in [4.69, 9.17) is 0 Å². The fourth-order valence-corrected chi connectivity index (χ4v) is 8.18. The molecule has 0 spiro atoms. The summed E-state index contributed by atoms with van der Waals surface area (Å²) in [6, 6.07) is 0. The lowest BCUT2D eigenvalue weighted by Gasteiger charge is -2.57. The molecule has 0 aromatic rings. The van der Waals surface area contributed by atoms with Crippen LogP contribution in [0, 0.1) is 39.9 Å². The third-order valence-corrected chi connectivity index (χ3v) is 10.3. The molecule has 0 aromatic carbocycles. The molecule has 0 aromatic heterocycles. The molecule has 2 fully saturated rings. The van der Waals surface area contributed by atoms with E-state index in [1.54, 1.807) is 11.1 Å². The number of fused-ring (bicyclic) bond motifs is 5. The fourth-order valence-electron chi connectivity index (χ4n) is 8.18. The predicted molar refractivity (Wildman–Crippen MR) is 127 cm³/mol. The Balaban J connectivity index is 1.53. The Morgan fingerprint density at radius 2 is 1.86 bits per heavy atom. The molecule has 0 saturated heterocycles. The Labute approximate surface area is 181 Å². The molecule has 0 radical (unpaired) electrons. The Morgan fingerprint density at radius 1 is 1.10 bits per heavy atom. The van der Waals surface area contributed by atoms with Crippen molar-refractivity contribution in [1.82, 2.24) is 0 Å². The van der Waals surface area contributed by atoms with Crippen LogP contribution >= 0.6 is 0 Å². The van der Waals surface area contributed by atoms with Crippen molar-refractivity contribution < 1.29 is 0 Å². The van der Waals surface area contributed by atoms with E-state index in [0.29, 0.717) is 22.2 Å². The average Bonchev–Trinajstić information content (AvgIpc) is 2.97. The molecule has 5 unspecified atom stereocenters. The molecule has 0 aliphatic heterocycles. The average molecular weight is 395 g/mol. The molecule has 5 atom stereocenters. The van der Waals surface area contributed by atoms with Gasteiger partial charge in [-0.2, -0.15) is 0 Å². The molecule has 2 saturated carbocycles. The van der Waals surface area contributed by atoms with E-state index in [2.05, 4.69) is 60.3 Å². The quantitative estimate of drug-likeness (QED) is 0.408. The monoisotopic (exact) mass is 394 g/mol. The first-order chi connectivity index (χ1) is 13.6. The van der Waals surface area contributed by atoms with E-state index in [0.717, 1.165) is 17.8 Å². The van der Waals surface area contributed by atoms with Crippen molar-refractivity contribution in [3.05, 3.63) is 35.5 Å². The van der Waals surface area contributed by atoms with Crippen LogP contribution < -0.4 is 0 Å². The normalized spacial score (nSPS) is 40.6. The van der Waals surface area contributed by atoms with Crippen LogP contribution in [0.25, 0.3) is 0 Å². The Kier molecular flexibility index (Phi) is 5.49. The molecule has 0 N–H and O–H groups in total. The molecule has 0 heterocycles. The van der Waals surface area contributed by atoms with E-state index >= 15 is 0 Å². The Morgan fingerprint density at radius 3 is 2.59 bits per heavy atom. The first kappa shape index (κ1) is 21.5. The summed E-state index contributed by atoms with van der Waals surface area (Å²) in [5, 5.41) is 0. The molecular formula is C29H46. The highest BCUT2D eigenvalue weighted by Gasteiger charge is 2.56. The smallest absolute Gasteiger partial charge is 0.00394 e. The highest BCUT2D eigenvalue weighted by Crippen LogP contribution is 2.66. The van der Waals surface area contributed by atoms with Crippen LogP contribution in [0.4, 0.5) is 0 Å². The number of rotatable bonds is 5. The minimum Gasteiger partial charge on any atom is -0.0996 e. The molecule has 4 aliphatic rings. The summed E-state index contributed by atoms with van der Waals surface area (Å²) in [6.45, 7) is 19.2. The molecular weight excluding hydrogens is 348 g/mol. The third kappa shape index (κ3) is 3.41. The van der Waals surface area contributed by atoms with Crippen LogP contribution in [0.2, 0.25) is 0 Å². The van der Waals surface area contributed by atoms with Crippen molar-refractivity contribution in [1.29, 1.82) is 0 Å². The summed E-state index contributed by atoms with van der Waals surface area (Å²) in [4.78, 5) is 0. The van der Waals surface area contributed by atoms with Crippen LogP contribution in [0.15, 0.2) is 35.5 Å². The SMILES string of the molecule is C=C(CCCC1CCC2C3=CCC4C(C)(C)CCCC4(C)C3=CCC12C)C(C)C. The minimum atomic E-state index is 0.431. The van der Waals surface area contributed by atoms with Gasteiger partial charge >= 0.3 is 0 Å². The van der Waals surface area contributed by atoms with E-state index < -0.39 is 0 Å². The topological polar surface area (TPSA) is 0 Å². The lowest BCUT2D eigenvalue weighted by Crippen LogP contribution is -2.47. The van der Waals surface area contributed by atoms with Crippen molar-refractivity contribution in [2.45, 2.75) is 106 Å². The van der Waals surface area contributed by atoms with Gasteiger partial charge in [0.05, 0.1) is 0 Å². The summed E-state index contributed by atoms with van der Waals surface area (Å²) in [6.07, 6.45) is 19.2. The van der Waals surface area contributed by atoms with Crippen molar-refractivity contribution in [3.63, 3.8) is 0 Å². The lowest BCUT2D eigenvalue weighted by atomic mass is 9.47. The fraction of sp³-hybridized carbons (Fsp3) is 0.793. The van der Waals surface area contributed by atoms with Gasteiger partial charge in [-0.05, 0) is 109 Å². The van der Waals surface area contributed by atoms with Gasteiger partial charge in [-0.25, -0.2) is 0 Å². The zero-order valence-electron chi connectivity index (χ0n) is 20.2. The summed E-state index contributed by atoms with van der Waals surface area (Å²) in [5.74, 6) is 3.20. The second-order valence-electron chi connectivity index (χ2n) is 12.6. The van der Waals surface area contributed by atoms with Gasteiger partial charge in [0, 0.05) is 0 Å². The number of allylic oxidation sites excluding steroid dienone is 5. The second kappa shape index (κ2) is 7.42. The molecule has 162 valence electrons. The maximum absolute atomic E-state index is 4.31. The molecule has 0 heteroatoms. The molecule has 0 nitrogen and oxygen atoms in total. The van der Waals surface area contributed by atoms with Crippen molar-refractivity contribution in [3.8, 4) is 0 Å². The summed E-state index contributed by atoms with van der Waals surface area (Å²) in [7, 11) is 0. The van der Waals surface area contributed by atoms with E-state index in [-0.39, 0.29) is 0 Å². The summed E-state index contributed by atoms with van der Waals surface area (Å²) in [5.41, 5.74) is 6.46. The van der Waals surface area contributed by atoms with Gasteiger partial charge in [-0.1, -0.05) is 72.3 Å². The van der Waals surface area contributed by atoms with Crippen molar-refractivity contribution in [2.75, 3.05) is 0 Å². The van der Waals surface area contributed by atoms with Crippen LogP contribution in [-0.2, 0) is 0 Å². The van der Waals surface area contributed by atoms with Crippen molar-refractivity contribution >= 4 is 0 Å². The Bertz CT molecular complexity index is 716. The highest BCUT2D eigenvalue weighted by atomic mass is 14.6. The molecule has 29 heavy (non-hydrogen) atoms. The van der Waals surface area contributed by atoms with Gasteiger partial charge in [0.25, 0.3) is 0 Å². The summed E-state index contributed by atoms with van der Waals surface area (Å²) >= 11 is 0. The maximum atomic E-state index is 4.31. The van der Waals surface area contributed by atoms with Gasteiger partial charge in [0.1, 0.15) is 0 Å². The zero-order chi connectivity index (χ0) is 21.0. The zero-order valence-corrected chi connectivity index (χ0v) is 20.2. The first-order valence-corrected chi connectivity index (χ1v) is 12.7. The van der Waals surface area contributed by atoms with E-state index in [1.807, 2.05) is 0 Å². The van der Waals surface area contributed by atoms with Gasteiger partial charge in [-0.15, -0.1) is 0 Å². The molecule has 4 rings (SSSR count). The molecule has 4 aliphatic carbocycles. The van der Waals surface area contributed by atoms with Crippen molar-refractivity contribution in [2.24, 2.45) is 39.9 Å². The Hall–Kier alpha value is -0.780. The lowest BCUT2D eigenvalue weighted by molar-refractivity contribution is 0.0198. The number of hydrogen-bond donors (Lipinski definition) is 0. The standard InChI is InChI=1S/C29H46/c1-20(2)21(3)10-8-11-22-12-14-24-23-13-15-26-27(4,5)17-9-18-29(26,7)25(23)16-19-28(22,24)6/h13,16,20,22,24,26H,3,8-12,14-15,17-19H2,1-2,4-7H3. The van der Waals surface area contributed by atoms with Crippen LogP contribution in [0.1, 0.15) is 106 Å². The van der Waals surface area contributed by atoms with E-state index in [1.165, 1.54) is 69.8 Å². The van der Waals surface area contributed by atoms with Gasteiger partial charge in [0.2, 0.25) is 0 Å². The third-order valence-electron chi connectivity index (χ3n) is 10.3. The van der Waals surface area contributed by atoms with Gasteiger partial charge in [-0.3, -0.25) is 0 Å². The molecule has 0 amide bonds. The van der Waals surface area contributed by atoms with Crippen LogP contribution in [0.3, 0.4) is 0 Å². The number of hydrogen-bond acceptors (Lipinski definition) is 0. The van der Waals surface area contributed by atoms with E-state index in [9.17, 15) is 0 Å². The minimum absolute atomic E-state index is 0.431. The largest absolute Gasteiger partial charge is 0.0996 e. The summed E-state index contributed by atoms with van der Waals surface area (Å²) < 4.78 is 0. The molecule has 0 bridgehead atoms. The predicted octanol–water partition coefficient (Wildman–Crippen LogP) is 8.89. The van der Waals surface area contributed by atoms with Crippen LogP contribution in [-0.4, -0.2) is 0 Å².